The third-order valence-electron chi connectivity index (χ3n) is 3.03. The van der Waals surface area contributed by atoms with Gasteiger partial charge in [-0.15, -0.1) is 0 Å². The number of nitrogens with zero attached hydrogens (tertiary/aromatic N) is 1. The van der Waals surface area contributed by atoms with Gasteiger partial charge in [0, 0.05) is 23.6 Å². The van der Waals surface area contributed by atoms with Crippen LogP contribution in [0.1, 0.15) is 35.7 Å². The van der Waals surface area contributed by atoms with Crippen LogP contribution in [0.15, 0.2) is 23.0 Å². The number of H-pyrrole nitrogens is 1. The Morgan fingerprint density at radius 1 is 1.35 bits per heavy atom. The number of aromatic amines is 1. The van der Waals surface area contributed by atoms with Crippen molar-refractivity contribution >= 4 is 22.6 Å². The summed E-state index contributed by atoms with van der Waals surface area (Å²) in [5.74, 6) is -1.40. The molecule has 0 unspecified atom stereocenters. The minimum atomic E-state index is -1.30. The zero-order valence-corrected chi connectivity index (χ0v) is 10.8. The van der Waals surface area contributed by atoms with Gasteiger partial charge in [0.15, 0.2) is 0 Å². The van der Waals surface area contributed by atoms with E-state index in [0.29, 0.717) is 11.1 Å². The number of nitro groups is 1. The number of non-ortho nitro benzene ring substituents is 1. The first-order valence-electron chi connectivity index (χ1n) is 5.90. The quantitative estimate of drug-likeness (QED) is 0.659. The lowest BCUT2D eigenvalue weighted by Crippen LogP contribution is -2.12. The Kier molecular flexibility index (Phi) is 3.27. The molecule has 20 heavy (non-hydrogen) atoms. The summed E-state index contributed by atoms with van der Waals surface area (Å²) in [4.78, 5) is 35.7. The molecule has 2 aromatic rings. The van der Waals surface area contributed by atoms with Crippen molar-refractivity contribution in [3.05, 3.63) is 49.8 Å². The van der Waals surface area contributed by atoms with Crippen LogP contribution in [-0.4, -0.2) is 21.0 Å². The van der Waals surface area contributed by atoms with Crippen LogP contribution in [0.4, 0.5) is 5.69 Å². The molecular formula is C13H12N2O5. The maximum Gasteiger partial charge on any atom is 0.336 e. The van der Waals surface area contributed by atoms with E-state index in [2.05, 4.69) is 4.98 Å². The van der Waals surface area contributed by atoms with Gasteiger partial charge < -0.3 is 10.1 Å². The second kappa shape index (κ2) is 4.76. The standard InChI is InChI=1S/C13H12N2O5/c1-6(2)8-3-7(15(19)20)4-9-10(13(17)18)5-11(16)14-12(8)9/h3-6H,1-2H3,(H,14,16)(H,17,18). The predicted molar refractivity (Wildman–Crippen MR) is 72.3 cm³/mol. The monoisotopic (exact) mass is 276 g/mol. The molecular weight excluding hydrogens is 264 g/mol. The summed E-state index contributed by atoms with van der Waals surface area (Å²) in [6, 6.07) is 3.45. The lowest BCUT2D eigenvalue weighted by molar-refractivity contribution is -0.384. The lowest BCUT2D eigenvalue weighted by atomic mass is 9.96. The molecule has 1 aromatic heterocycles. The van der Waals surface area contributed by atoms with E-state index in [1.807, 2.05) is 13.8 Å². The summed E-state index contributed by atoms with van der Waals surface area (Å²) >= 11 is 0. The third kappa shape index (κ3) is 2.25. The Morgan fingerprint density at radius 3 is 2.50 bits per heavy atom. The summed E-state index contributed by atoms with van der Waals surface area (Å²) < 4.78 is 0. The predicted octanol–water partition coefficient (Wildman–Crippen LogP) is 2.26. The van der Waals surface area contributed by atoms with Crippen LogP contribution in [0, 0.1) is 10.1 Å². The maximum absolute atomic E-state index is 11.5. The molecule has 2 rings (SSSR count). The highest BCUT2D eigenvalue weighted by Crippen LogP contribution is 2.30. The van der Waals surface area contributed by atoms with E-state index in [0.717, 1.165) is 6.07 Å². The number of carboxylic acid groups (broad SMARTS) is 1. The van der Waals surface area contributed by atoms with E-state index in [1.54, 1.807) is 0 Å². The smallest absolute Gasteiger partial charge is 0.336 e. The number of hydrogen-bond donors (Lipinski definition) is 2. The first kappa shape index (κ1) is 13.7. The second-order valence-corrected chi connectivity index (χ2v) is 4.72. The fourth-order valence-electron chi connectivity index (χ4n) is 2.11. The number of hydrogen-bond acceptors (Lipinski definition) is 4. The van der Waals surface area contributed by atoms with Gasteiger partial charge in [0.25, 0.3) is 5.69 Å². The van der Waals surface area contributed by atoms with E-state index < -0.39 is 16.5 Å². The molecule has 0 amide bonds. The van der Waals surface area contributed by atoms with Gasteiger partial charge in [0.05, 0.1) is 16.0 Å². The van der Waals surface area contributed by atoms with Gasteiger partial charge in [-0.25, -0.2) is 4.79 Å². The highest BCUT2D eigenvalue weighted by Gasteiger charge is 2.19. The normalized spacial score (nSPS) is 10.9. The molecule has 0 fully saturated rings. The molecule has 0 spiro atoms. The number of aromatic nitrogens is 1. The fraction of sp³-hybridized carbons (Fsp3) is 0.231. The molecule has 1 heterocycles. The molecule has 0 bridgehead atoms. The molecule has 0 aliphatic carbocycles. The van der Waals surface area contributed by atoms with Crippen molar-refractivity contribution in [1.29, 1.82) is 0 Å². The summed E-state index contributed by atoms with van der Waals surface area (Å²) in [5, 5.41) is 20.3. The van der Waals surface area contributed by atoms with Crippen molar-refractivity contribution in [2.45, 2.75) is 19.8 Å². The van der Waals surface area contributed by atoms with Crippen LogP contribution in [-0.2, 0) is 0 Å². The van der Waals surface area contributed by atoms with E-state index in [1.165, 1.54) is 12.1 Å². The Bertz CT molecular complexity index is 776. The summed E-state index contributed by atoms with van der Waals surface area (Å²) in [6.45, 7) is 3.62. The molecule has 0 aliphatic rings. The van der Waals surface area contributed by atoms with Crippen molar-refractivity contribution in [3.63, 3.8) is 0 Å². The van der Waals surface area contributed by atoms with E-state index in [-0.39, 0.29) is 22.6 Å². The van der Waals surface area contributed by atoms with Crippen LogP contribution < -0.4 is 5.56 Å². The van der Waals surface area contributed by atoms with E-state index in [9.17, 15) is 19.7 Å². The van der Waals surface area contributed by atoms with Gasteiger partial charge in [0.2, 0.25) is 5.56 Å². The average Bonchev–Trinajstić information content (AvgIpc) is 2.35. The maximum atomic E-state index is 11.5. The van der Waals surface area contributed by atoms with Crippen LogP contribution in [0.3, 0.4) is 0 Å². The zero-order valence-electron chi connectivity index (χ0n) is 10.8. The molecule has 7 nitrogen and oxygen atoms in total. The van der Waals surface area contributed by atoms with Crippen molar-refractivity contribution in [2.24, 2.45) is 0 Å². The highest BCUT2D eigenvalue weighted by molar-refractivity contribution is 6.03. The SMILES string of the molecule is CC(C)c1cc([N+](=O)[O-])cc2c(C(=O)O)cc(=O)[nH]c12. The van der Waals surface area contributed by atoms with Gasteiger partial charge in [-0.1, -0.05) is 13.8 Å². The Balaban J connectivity index is 3.00. The number of carbonyl (C=O) groups is 1. The largest absolute Gasteiger partial charge is 0.478 e. The number of nitrogens with one attached hydrogen (secondary N) is 1. The van der Waals surface area contributed by atoms with E-state index >= 15 is 0 Å². The van der Waals surface area contributed by atoms with E-state index in [4.69, 9.17) is 5.11 Å². The first-order chi connectivity index (χ1) is 9.31. The molecule has 0 aliphatic heterocycles. The van der Waals surface area contributed by atoms with Crippen LogP contribution in [0.25, 0.3) is 10.9 Å². The molecule has 104 valence electrons. The molecule has 0 saturated heterocycles. The zero-order chi connectivity index (χ0) is 15.0. The fourth-order valence-corrected chi connectivity index (χ4v) is 2.11. The number of fused-ring (bicyclic) bond motifs is 1. The highest BCUT2D eigenvalue weighted by atomic mass is 16.6. The second-order valence-electron chi connectivity index (χ2n) is 4.72. The minimum absolute atomic E-state index is 0.0999. The van der Waals surface area contributed by atoms with Crippen molar-refractivity contribution in [3.8, 4) is 0 Å². The summed E-state index contributed by atoms with van der Waals surface area (Å²) in [6.07, 6.45) is 0. The van der Waals surface area contributed by atoms with Gasteiger partial charge in [-0.2, -0.15) is 0 Å². The van der Waals surface area contributed by atoms with Gasteiger partial charge in [-0.05, 0) is 11.5 Å². The summed E-state index contributed by atoms with van der Waals surface area (Å²) in [7, 11) is 0. The van der Waals surface area contributed by atoms with Gasteiger partial charge in [-0.3, -0.25) is 14.9 Å². The average molecular weight is 276 g/mol. The van der Waals surface area contributed by atoms with Crippen LogP contribution >= 0.6 is 0 Å². The molecule has 1 aromatic carbocycles. The van der Waals surface area contributed by atoms with Gasteiger partial charge >= 0.3 is 5.97 Å². The number of pyridine rings is 1. The molecule has 0 saturated carbocycles. The van der Waals surface area contributed by atoms with Crippen LogP contribution in [0.2, 0.25) is 0 Å². The topological polar surface area (TPSA) is 113 Å². The third-order valence-corrected chi connectivity index (χ3v) is 3.03. The van der Waals surface area contributed by atoms with Crippen molar-refractivity contribution in [1.82, 2.24) is 4.98 Å². The Labute approximate surface area is 113 Å². The Hall–Kier alpha value is -2.70. The number of nitro benzene ring substituents is 1. The summed E-state index contributed by atoms with van der Waals surface area (Å²) in [5.41, 5.74) is -0.124. The molecule has 0 radical (unpaired) electrons. The molecule has 0 atom stereocenters. The van der Waals surface area contributed by atoms with Crippen LogP contribution in [0.5, 0.6) is 0 Å². The lowest BCUT2D eigenvalue weighted by Gasteiger charge is -2.11. The number of rotatable bonds is 3. The molecule has 7 heteroatoms. The Morgan fingerprint density at radius 2 is 2.00 bits per heavy atom. The minimum Gasteiger partial charge on any atom is -0.478 e. The van der Waals surface area contributed by atoms with Crippen molar-refractivity contribution in [2.75, 3.05) is 0 Å². The number of benzene rings is 1. The van der Waals surface area contributed by atoms with Crippen molar-refractivity contribution < 1.29 is 14.8 Å². The molecule has 2 N–H and O–H groups in total. The number of carboxylic acids is 1. The first-order valence-corrected chi connectivity index (χ1v) is 5.90. The van der Waals surface area contributed by atoms with Gasteiger partial charge in [0.1, 0.15) is 0 Å². The number of aromatic carboxylic acids is 1.